The van der Waals surface area contributed by atoms with Crippen LogP contribution in [0, 0.1) is 0 Å². The molecule has 0 aliphatic carbocycles. The second-order valence-corrected chi connectivity index (χ2v) is 7.16. The van der Waals surface area contributed by atoms with Gasteiger partial charge in [0.2, 0.25) is 17.6 Å². The number of nitrogens with one attached hydrogen (secondary N) is 1. The van der Waals surface area contributed by atoms with Crippen molar-refractivity contribution in [2.45, 2.75) is 25.8 Å². The first-order valence-corrected chi connectivity index (χ1v) is 9.68. The third kappa shape index (κ3) is 4.15. The molecule has 8 nitrogen and oxygen atoms in total. The normalized spacial score (nSPS) is 12.0. The minimum atomic E-state index is -0.110. The number of amides is 1. The quantitative estimate of drug-likeness (QED) is 0.517. The molecule has 9 heteroatoms. The van der Waals surface area contributed by atoms with E-state index < -0.39 is 0 Å². The van der Waals surface area contributed by atoms with E-state index in [-0.39, 0.29) is 18.4 Å². The van der Waals surface area contributed by atoms with E-state index in [1.54, 1.807) is 22.3 Å². The second-order valence-electron chi connectivity index (χ2n) is 6.21. The van der Waals surface area contributed by atoms with Crippen molar-refractivity contribution in [1.82, 2.24) is 30.2 Å². The second kappa shape index (κ2) is 8.13. The Balaban J connectivity index is 1.30. The van der Waals surface area contributed by atoms with Crippen LogP contribution in [-0.2, 0) is 11.2 Å². The number of hydrogen-bond donors (Lipinski definition) is 1. The summed E-state index contributed by atoms with van der Waals surface area (Å²) < 4.78 is 6.91. The summed E-state index contributed by atoms with van der Waals surface area (Å²) in [5.74, 6) is 0.957. The lowest BCUT2D eigenvalue weighted by Crippen LogP contribution is -2.26. The van der Waals surface area contributed by atoms with Crippen LogP contribution in [0.4, 0.5) is 0 Å². The highest BCUT2D eigenvalue weighted by molar-refractivity contribution is 7.13. The van der Waals surface area contributed by atoms with E-state index in [4.69, 9.17) is 4.52 Å². The summed E-state index contributed by atoms with van der Waals surface area (Å²) in [4.78, 5) is 21.5. The molecule has 28 heavy (non-hydrogen) atoms. The standard InChI is InChI=1S/C19H18N6O2S/c1-13(14-4-6-15(7-5-14)25-12-20-11-21-25)22-17(26)8-9-18-23-19(24-27-18)16-3-2-10-28-16/h2-7,10-13H,8-9H2,1H3,(H,22,26). The molecule has 0 aliphatic heterocycles. The Morgan fingerprint density at radius 2 is 2.14 bits per heavy atom. The average Bonchev–Trinajstić information content (AvgIpc) is 3.49. The largest absolute Gasteiger partial charge is 0.350 e. The fraction of sp³-hybridized carbons (Fsp3) is 0.211. The highest BCUT2D eigenvalue weighted by atomic mass is 32.1. The molecule has 0 fully saturated rings. The van der Waals surface area contributed by atoms with Gasteiger partial charge < -0.3 is 9.84 Å². The summed E-state index contributed by atoms with van der Waals surface area (Å²) >= 11 is 1.55. The van der Waals surface area contributed by atoms with Crippen molar-refractivity contribution in [1.29, 1.82) is 0 Å². The molecule has 0 radical (unpaired) electrons. The number of aromatic nitrogens is 5. The van der Waals surface area contributed by atoms with Crippen LogP contribution in [0.15, 0.2) is 59.0 Å². The minimum Gasteiger partial charge on any atom is -0.350 e. The van der Waals surface area contributed by atoms with Crippen LogP contribution >= 0.6 is 11.3 Å². The van der Waals surface area contributed by atoms with Gasteiger partial charge >= 0.3 is 0 Å². The molecule has 1 amide bonds. The molecule has 0 spiro atoms. The van der Waals surface area contributed by atoms with Gasteiger partial charge in [0.15, 0.2) is 0 Å². The zero-order valence-electron chi connectivity index (χ0n) is 15.1. The number of benzene rings is 1. The van der Waals surface area contributed by atoms with Crippen molar-refractivity contribution in [2.75, 3.05) is 0 Å². The van der Waals surface area contributed by atoms with E-state index >= 15 is 0 Å². The Labute approximate surface area is 165 Å². The molecule has 1 unspecified atom stereocenters. The first-order valence-electron chi connectivity index (χ1n) is 8.80. The first-order chi connectivity index (χ1) is 13.7. The monoisotopic (exact) mass is 394 g/mol. The molecule has 0 saturated heterocycles. The number of carbonyl (C=O) groups excluding carboxylic acids is 1. The molecule has 1 N–H and O–H groups in total. The van der Waals surface area contributed by atoms with E-state index in [0.29, 0.717) is 18.1 Å². The van der Waals surface area contributed by atoms with Crippen molar-refractivity contribution in [3.63, 3.8) is 0 Å². The molecular formula is C19H18N6O2S. The maximum Gasteiger partial charge on any atom is 0.227 e. The van der Waals surface area contributed by atoms with E-state index in [9.17, 15) is 4.79 Å². The predicted octanol–water partition coefficient (Wildman–Crippen LogP) is 3.19. The van der Waals surface area contributed by atoms with Crippen molar-refractivity contribution < 1.29 is 9.32 Å². The SMILES string of the molecule is CC(NC(=O)CCc1nc(-c2cccs2)no1)c1ccc(-n2cncn2)cc1. The number of rotatable bonds is 7. The van der Waals surface area contributed by atoms with Crippen LogP contribution in [0.2, 0.25) is 0 Å². The van der Waals surface area contributed by atoms with Crippen molar-refractivity contribution >= 4 is 17.2 Å². The molecule has 0 bridgehead atoms. The number of carbonyl (C=O) groups is 1. The molecule has 4 rings (SSSR count). The molecular weight excluding hydrogens is 376 g/mol. The number of nitrogens with zero attached hydrogens (tertiary/aromatic N) is 5. The summed E-state index contributed by atoms with van der Waals surface area (Å²) in [7, 11) is 0. The summed E-state index contributed by atoms with van der Waals surface area (Å²) in [5, 5.41) is 13.0. The molecule has 1 aromatic carbocycles. The summed E-state index contributed by atoms with van der Waals surface area (Å²) in [6.07, 6.45) is 3.82. The summed E-state index contributed by atoms with van der Waals surface area (Å²) in [5.41, 5.74) is 1.92. The molecule has 4 aromatic rings. The van der Waals surface area contributed by atoms with Gasteiger partial charge in [0.25, 0.3) is 0 Å². The lowest BCUT2D eigenvalue weighted by molar-refractivity contribution is -0.121. The zero-order valence-corrected chi connectivity index (χ0v) is 16.0. The lowest BCUT2D eigenvalue weighted by Gasteiger charge is -2.14. The van der Waals surface area contributed by atoms with E-state index in [0.717, 1.165) is 16.1 Å². The Morgan fingerprint density at radius 3 is 2.86 bits per heavy atom. The van der Waals surface area contributed by atoms with Gasteiger partial charge in [0, 0.05) is 12.8 Å². The maximum absolute atomic E-state index is 12.3. The number of thiophene rings is 1. The van der Waals surface area contributed by atoms with Crippen LogP contribution in [0.1, 0.15) is 30.8 Å². The van der Waals surface area contributed by atoms with Crippen LogP contribution in [0.25, 0.3) is 16.4 Å². The van der Waals surface area contributed by atoms with Gasteiger partial charge in [-0.05, 0) is 36.1 Å². The highest BCUT2D eigenvalue weighted by Crippen LogP contribution is 2.21. The Morgan fingerprint density at radius 1 is 1.29 bits per heavy atom. The topological polar surface area (TPSA) is 98.7 Å². The van der Waals surface area contributed by atoms with Gasteiger partial charge in [-0.3, -0.25) is 4.79 Å². The average molecular weight is 394 g/mol. The van der Waals surface area contributed by atoms with Gasteiger partial charge in [0.1, 0.15) is 12.7 Å². The summed E-state index contributed by atoms with van der Waals surface area (Å²) in [6, 6.07) is 11.6. The lowest BCUT2D eigenvalue weighted by atomic mass is 10.1. The van der Waals surface area contributed by atoms with E-state index in [1.165, 1.54) is 6.33 Å². The Kier molecular flexibility index (Phi) is 5.24. The van der Waals surface area contributed by atoms with Crippen molar-refractivity contribution in [3.05, 3.63) is 65.9 Å². The van der Waals surface area contributed by atoms with Crippen LogP contribution in [-0.4, -0.2) is 30.8 Å². The predicted molar refractivity (Wildman–Crippen MR) is 104 cm³/mol. The maximum atomic E-state index is 12.3. The molecule has 3 heterocycles. The molecule has 0 saturated carbocycles. The highest BCUT2D eigenvalue weighted by Gasteiger charge is 2.13. The first kappa shape index (κ1) is 18.1. The smallest absolute Gasteiger partial charge is 0.227 e. The minimum absolute atomic E-state index is 0.0660. The van der Waals surface area contributed by atoms with Crippen LogP contribution in [0.5, 0.6) is 0 Å². The number of hydrogen-bond acceptors (Lipinski definition) is 7. The van der Waals surface area contributed by atoms with Gasteiger partial charge in [-0.25, -0.2) is 9.67 Å². The Hall–Kier alpha value is -3.33. The fourth-order valence-electron chi connectivity index (χ4n) is 2.74. The third-order valence-corrected chi connectivity index (χ3v) is 5.10. The van der Waals surface area contributed by atoms with E-state index in [2.05, 4.69) is 25.5 Å². The van der Waals surface area contributed by atoms with E-state index in [1.807, 2.05) is 48.7 Å². The van der Waals surface area contributed by atoms with Gasteiger partial charge in [0.05, 0.1) is 16.6 Å². The van der Waals surface area contributed by atoms with Gasteiger partial charge in [-0.15, -0.1) is 11.3 Å². The van der Waals surface area contributed by atoms with Gasteiger partial charge in [-0.1, -0.05) is 23.4 Å². The Bertz CT molecular complexity index is 1030. The van der Waals surface area contributed by atoms with Crippen LogP contribution < -0.4 is 5.32 Å². The van der Waals surface area contributed by atoms with Gasteiger partial charge in [-0.2, -0.15) is 10.1 Å². The van der Waals surface area contributed by atoms with Crippen molar-refractivity contribution in [3.8, 4) is 16.4 Å². The zero-order chi connectivity index (χ0) is 19.3. The fourth-order valence-corrected chi connectivity index (χ4v) is 3.39. The number of aryl methyl sites for hydroxylation is 1. The molecule has 1 atom stereocenters. The van der Waals surface area contributed by atoms with Crippen molar-refractivity contribution in [2.24, 2.45) is 0 Å². The molecule has 0 aliphatic rings. The molecule has 3 aromatic heterocycles. The van der Waals surface area contributed by atoms with Crippen LogP contribution in [0.3, 0.4) is 0 Å². The summed E-state index contributed by atoms with van der Waals surface area (Å²) in [6.45, 7) is 1.95. The molecule has 142 valence electrons. The third-order valence-electron chi connectivity index (χ3n) is 4.23.